The van der Waals surface area contributed by atoms with Gasteiger partial charge in [-0.15, -0.1) is 11.3 Å². The molecule has 1 unspecified atom stereocenters. The Balaban J connectivity index is 1.72. The zero-order chi connectivity index (χ0) is 14.3. The average Bonchev–Trinajstić information content (AvgIpc) is 2.94. The summed E-state index contributed by atoms with van der Waals surface area (Å²) in [5.41, 5.74) is 3.27. The number of aromatic nitrogens is 2. The molecule has 1 atom stereocenters. The molecule has 3 rings (SSSR count). The molecule has 0 aliphatic carbocycles. The lowest BCUT2D eigenvalue weighted by atomic mass is 10.0. The number of carbonyl (C=O) groups is 1. The molecule has 5 heteroatoms. The van der Waals surface area contributed by atoms with E-state index in [2.05, 4.69) is 23.5 Å². The van der Waals surface area contributed by atoms with E-state index in [1.807, 2.05) is 29.5 Å². The molecule has 1 fully saturated rings. The second-order valence-corrected chi connectivity index (χ2v) is 6.34. The molecular weight excluding hydrogens is 270 g/mol. The van der Waals surface area contributed by atoms with Gasteiger partial charge >= 0.3 is 0 Å². The van der Waals surface area contributed by atoms with E-state index >= 15 is 0 Å². The molecule has 1 aliphatic heterocycles. The first-order valence-corrected chi connectivity index (χ1v) is 7.79. The van der Waals surface area contributed by atoms with Crippen molar-refractivity contribution in [1.29, 1.82) is 0 Å². The number of likely N-dealkylation sites (tertiary alicyclic amines) is 1. The molecule has 1 amide bonds. The van der Waals surface area contributed by atoms with Crippen LogP contribution in [-0.2, 0) is 11.3 Å². The Kier molecular flexibility index (Phi) is 3.38. The predicted octanol–water partition coefficient (Wildman–Crippen LogP) is 2.84. The third-order valence-electron chi connectivity index (χ3n) is 4.24. The summed E-state index contributed by atoms with van der Waals surface area (Å²) in [6.07, 6.45) is 1.07. The second-order valence-electron chi connectivity index (χ2n) is 5.36. The molecular formula is C15H19N3OS. The highest BCUT2D eigenvalue weighted by molar-refractivity contribution is 7.10. The number of hydrogen-bond acceptors (Lipinski definition) is 3. The van der Waals surface area contributed by atoms with Gasteiger partial charge in [0.25, 0.3) is 0 Å². The minimum absolute atomic E-state index is 0.167. The normalized spacial score (nSPS) is 18.1. The first-order chi connectivity index (χ1) is 9.58. The number of carbonyl (C=O) groups excluding carboxylic acids is 1. The first-order valence-electron chi connectivity index (χ1n) is 6.91. The minimum atomic E-state index is 0.167. The maximum Gasteiger partial charge on any atom is 0.244 e. The fourth-order valence-electron chi connectivity index (χ4n) is 2.62. The molecule has 0 N–H and O–H groups in total. The van der Waals surface area contributed by atoms with Crippen LogP contribution in [0.3, 0.4) is 0 Å². The summed E-state index contributed by atoms with van der Waals surface area (Å²) in [4.78, 5) is 15.7. The van der Waals surface area contributed by atoms with Gasteiger partial charge in [0.05, 0.1) is 11.7 Å². The molecule has 106 valence electrons. The monoisotopic (exact) mass is 289 g/mol. The Bertz CT molecular complexity index is 630. The third-order valence-corrected chi connectivity index (χ3v) is 5.21. The third kappa shape index (κ3) is 2.16. The van der Waals surface area contributed by atoms with E-state index in [-0.39, 0.29) is 11.9 Å². The van der Waals surface area contributed by atoms with E-state index in [4.69, 9.17) is 0 Å². The van der Waals surface area contributed by atoms with Gasteiger partial charge in [-0.1, -0.05) is 6.07 Å². The van der Waals surface area contributed by atoms with Crippen LogP contribution >= 0.6 is 11.3 Å². The highest BCUT2D eigenvalue weighted by Gasteiger charge is 2.34. The highest BCUT2D eigenvalue weighted by atomic mass is 32.1. The van der Waals surface area contributed by atoms with Crippen LogP contribution in [0.2, 0.25) is 0 Å². The quantitative estimate of drug-likeness (QED) is 0.871. The molecule has 3 heterocycles. The summed E-state index contributed by atoms with van der Waals surface area (Å²) in [7, 11) is 0. The van der Waals surface area contributed by atoms with Crippen LogP contribution in [-0.4, -0.2) is 27.1 Å². The number of rotatable bonds is 3. The maximum atomic E-state index is 12.4. The van der Waals surface area contributed by atoms with Gasteiger partial charge in [-0.2, -0.15) is 5.10 Å². The van der Waals surface area contributed by atoms with Crippen molar-refractivity contribution in [2.75, 3.05) is 6.54 Å². The summed E-state index contributed by atoms with van der Waals surface area (Å²) >= 11 is 1.73. The van der Waals surface area contributed by atoms with Gasteiger partial charge < -0.3 is 4.90 Å². The summed E-state index contributed by atoms with van der Waals surface area (Å²) in [6.45, 7) is 7.27. The van der Waals surface area contributed by atoms with Crippen LogP contribution in [0, 0.1) is 20.8 Å². The fraction of sp³-hybridized carbons (Fsp3) is 0.467. The van der Waals surface area contributed by atoms with E-state index in [0.29, 0.717) is 6.54 Å². The van der Waals surface area contributed by atoms with Gasteiger partial charge in [0, 0.05) is 17.1 Å². The molecule has 0 radical (unpaired) electrons. The zero-order valence-corrected chi connectivity index (χ0v) is 12.9. The van der Waals surface area contributed by atoms with Crippen LogP contribution < -0.4 is 0 Å². The summed E-state index contributed by atoms with van der Waals surface area (Å²) in [6, 6.07) is 4.44. The van der Waals surface area contributed by atoms with E-state index in [1.54, 1.807) is 11.3 Å². The maximum absolute atomic E-state index is 12.4. The first kappa shape index (κ1) is 13.4. The van der Waals surface area contributed by atoms with Crippen molar-refractivity contribution >= 4 is 17.2 Å². The Labute approximate surface area is 123 Å². The van der Waals surface area contributed by atoms with Gasteiger partial charge in [0.1, 0.15) is 6.54 Å². The van der Waals surface area contributed by atoms with Gasteiger partial charge in [0.15, 0.2) is 0 Å². The molecule has 1 aliphatic rings. The van der Waals surface area contributed by atoms with Crippen molar-refractivity contribution in [3.8, 4) is 0 Å². The van der Waals surface area contributed by atoms with Crippen LogP contribution in [0.15, 0.2) is 17.5 Å². The van der Waals surface area contributed by atoms with Crippen molar-refractivity contribution in [3.63, 3.8) is 0 Å². The lowest BCUT2D eigenvalue weighted by Gasteiger charge is -2.40. The Morgan fingerprint density at radius 3 is 2.75 bits per heavy atom. The van der Waals surface area contributed by atoms with Gasteiger partial charge in [-0.3, -0.25) is 9.48 Å². The highest BCUT2D eigenvalue weighted by Crippen LogP contribution is 2.35. The van der Waals surface area contributed by atoms with Crippen molar-refractivity contribution in [2.45, 2.75) is 39.8 Å². The van der Waals surface area contributed by atoms with Crippen molar-refractivity contribution in [3.05, 3.63) is 39.3 Å². The SMILES string of the molecule is Cc1nn(CC(=O)N2CCC2c2cccs2)c(C)c1C. The molecule has 2 aromatic heterocycles. The molecule has 2 aromatic rings. The second kappa shape index (κ2) is 5.05. The Morgan fingerprint density at radius 2 is 2.25 bits per heavy atom. The lowest BCUT2D eigenvalue weighted by Crippen LogP contribution is -2.46. The number of amides is 1. The number of nitrogens with zero attached hydrogens (tertiary/aromatic N) is 3. The molecule has 0 bridgehead atoms. The minimum Gasteiger partial charge on any atom is -0.333 e. The van der Waals surface area contributed by atoms with Crippen molar-refractivity contribution in [1.82, 2.24) is 14.7 Å². The van der Waals surface area contributed by atoms with E-state index in [9.17, 15) is 4.79 Å². The van der Waals surface area contributed by atoms with Crippen LogP contribution in [0.25, 0.3) is 0 Å². The van der Waals surface area contributed by atoms with Crippen molar-refractivity contribution < 1.29 is 4.79 Å². The zero-order valence-electron chi connectivity index (χ0n) is 12.1. The van der Waals surface area contributed by atoms with Crippen molar-refractivity contribution in [2.24, 2.45) is 0 Å². The van der Waals surface area contributed by atoms with E-state index < -0.39 is 0 Å². The average molecular weight is 289 g/mol. The molecule has 0 spiro atoms. The molecule has 1 saturated heterocycles. The van der Waals surface area contributed by atoms with Crippen LogP contribution in [0.5, 0.6) is 0 Å². The Morgan fingerprint density at radius 1 is 1.45 bits per heavy atom. The predicted molar refractivity (Wildman–Crippen MR) is 79.8 cm³/mol. The standard InChI is InChI=1S/C15H19N3OS/c1-10-11(2)16-18(12(10)3)9-15(19)17-7-6-13(17)14-5-4-8-20-14/h4-5,8,13H,6-7,9H2,1-3H3. The van der Waals surface area contributed by atoms with Crippen LogP contribution in [0.1, 0.15) is 34.3 Å². The fourth-order valence-corrected chi connectivity index (χ4v) is 3.50. The lowest BCUT2D eigenvalue weighted by molar-refractivity contribution is -0.139. The smallest absolute Gasteiger partial charge is 0.244 e. The number of hydrogen-bond donors (Lipinski definition) is 0. The Hall–Kier alpha value is -1.62. The summed E-state index contributed by atoms with van der Waals surface area (Å²) in [5, 5.41) is 6.52. The van der Waals surface area contributed by atoms with Gasteiger partial charge in [-0.25, -0.2) is 0 Å². The summed E-state index contributed by atoms with van der Waals surface area (Å²) in [5.74, 6) is 0.167. The molecule has 20 heavy (non-hydrogen) atoms. The largest absolute Gasteiger partial charge is 0.333 e. The van der Waals surface area contributed by atoms with Crippen LogP contribution in [0.4, 0.5) is 0 Å². The molecule has 4 nitrogen and oxygen atoms in total. The number of aryl methyl sites for hydroxylation is 1. The van der Waals surface area contributed by atoms with E-state index in [0.717, 1.165) is 24.4 Å². The molecule has 0 aromatic carbocycles. The number of thiophene rings is 1. The molecule has 0 saturated carbocycles. The van der Waals surface area contributed by atoms with E-state index in [1.165, 1.54) is 10.4 Å². The topological polar surface area (TPSA) is 38.1 Å². The summed E-state index contributed by atoms with van der Waals surface area (Å²) < 4.78 is 1.83. The van der Waals surface area contributed by atoms with Gasteiger partial charge in [0.2, 0.25) is 5.91 Å². The van der Waals surface area contributed by atoms with Gasteiger partial charge in [-0.05, 0) is 44.2 Å².